The number of fused-ring (bicyclic) bond motifs is 1. The SMILES string of the molecule is NNC(c1cccc(F)c1)c1ccc2c(c1)COC2. The lowest BCUT2D eigenvalue weighted by atomic mass is 9.96. The van der Waals surface area contributed by atoms with E-state index < -0.39 is 0 Å². The van der Waals surface area contributed by atoms with Crippen molar-refractivity contribution >= 4 is 0 Å². The summed E-state index contributed by atoms with van der Waals surface area (Å²) < 4.78 is 18.7. The number of hydrogen-bond donors (Lipinski definition) is 2. The van der Waals surface area contributed by atoms with Crippen LogP contribution in [0, 0.1) is 5.82 Å². The van der Waals surface area contributed by atoms with Crippen molar-refractivity contribution in [1.82, 2.24) is 5.43 Å². The van der Waals surface area contributed by atoms with Crippen LogP contribution in [0.3, 0.4) is 0 Å². The molecule has 2 aromatic rings. The molecule has 0 amide bonds. The first kappa shape index (κ1) is 12.3. The van der Waals surface area contributed by atoms with Gasteiger partial charge in [0.2, 0.25) is 0 Å². The van der Waals surface area contributed by atoms with Crippen molar-refractivity contribution < 1.29 is 9.13 Å². The summed E-state index contributed by atoms with van der Waals surface area (Å²) in [6, 6.07) is 12.4. The number of nitrogens with one attached hydrogen (secondary N) is 1. The van der Waals surface area contributed by atoms with Gasteiger partial charge < -0.3 is 4.74 Å². The van der Waals surface area contributed by atoms with Gasteiger partial charge in [-0.05, 0) is 34.4 Å². The van der Waals surface area contributed by atoms with E-state index in [1.54, 1.807) is 6.07 Å². The van der Waals surface area contributed by atoms with Crippen LogP contribution in [0.25, 0.3) is 0 Å². The van der Waals surface area contributed by atoms with Crippen LogP contribution in [0.2, 0.25) is 0 Å². The zero-order chi connectivity index (χ0) is 13.2. The molecule has 0 saturated heterocycles. The van der Waals surface area contributed by atoms with Crippen LogP contribution in [0.1, 0.15) is 28.3 Å². The van der Waals surface area contributed by atoms with Crippen molar-refractivity contribution in [3.8, 4) is 0 Å². The predicted molar refractivity (Wildman–Crippen MR) is 70.5 cm³/mol. The highest BCUT2D eigenvalue weighted by atomic mass is 19.1. The summed E-state index contributed by atoms with van der Waals surface area (Å²) in [7, 11) is 0. The monoisotopic (exact) mass is 258 g/mol. The van der Waals surface area contributed by atoms with Gasteiger partial charge in [0, 0.05) is 0 Å². The molecule has 98 valence electrons. The summed E-state index contributed by atoms with van der Waals surface area (Å²) in [6.45, 7) is 1.29. The molecule has 3 rings (SSSR count). The van der Waals surface area contributed by atoms with Gasteiger partial charge in [-0.1, -0.05) is 30.3 Å². The third-order valence-corrected chi connectivity index (χ3v) is 3.43. The molecule has 1 aliphatic heterocycles. The largest absolute Gasteiger partial charge is 0.372 e. The number of ether oxygens (including phenoxy) is 1. The number of rotatable bonds is 3. The van der Waals surface area contributed by atoms with Crippen molar-refractivity contribution in [2.75, 3.05) is 0 Å². The lowest BCUT2D eigenvalue weighted by Gasteiger charge is -2.17. The van der Waals surface area contributed by atoms with Crippen LogP contribution in [-0.4, -0.2) is 0 Å². The quantitative estimate of drug-likeness (QED) is 0.656. The molecule has 1 aliphatic rings. The fraction of sp³-hybridized carbons (Fsp3) is 0.200. The average Bonchev–Trinajstić information content (AvgIpc) is 2.87. The molecular formula is C15H15FN2O. The van der Waals surface area contributed by atoms with Crippen molar-refractivity contribution in [1.29, 1.82) is 0 Å². The Kier molecular flexibility index (Phi) is 3.29. The van der Waals surface area contributed by atoms with Crippen LogP contribution >= 0.6 is 0 Å². The second-order valence-corrected chi connectivity index (χ2v) is 4.68. The predicted octanol–water partition coefficient (Wildman–Crippen LogP) is 2.41. The summed E-state index contributed by atoms with van der Waals surface area (Å²) in [5.41, 5.74) is 6.95. The minimum Gasteiger partial charge on any atom is -0.372 e. The highest BCUT2D eigenvalue weighted by Crippen LogP contribution is 2.27. The van der Waals surface area contributed by atoms with Gasteiger partial charge in [0.25, 0.3) is 0 Å². The highest BCUT2D eigenvalue weighted by Gasteiger charge is 2.17. The molecule has 0 bridgehead atoms. The minimum atomic E-state index is -0.262. The Bertz CT molecular complexity index is 600. The van der Waals surface area contributed by atoms with E-state index in [4.69, 9.17) is 10.6 Å². The second-order valence-electron chi connectivity index (χ2n) is 4.68. The molecular weight excluding hydrogens is 243 g/mol. The van der Waals surface area contributed by atoms with Crippen LogP contribution in [0.5, 0.6) is 0 Å². The molecule has 1 atom stereocenters. The zero-order valence-corrected chi connectivity index (χ0v) is 10.4. The van der Waals surface area contributed by atoms with Gasteiger partial charge in [-0.3, -0.25) is 5.84 Å². The first-order valence-electron chi connectivity index (χ1n) is 6.19. The highest BCUT2D eigenvalue weighted by molar-refractivity contribution is 5.38. The van der Waals surface area contributed by atoms with E-state index in [2.05, 4.69) is 11.5 Å². The molecule has 1 unspecified atom stereocenters. The fourth-order valence-electron chi connectivity index (χ4n) is 2.44. The minimum absolute atomic E-state index is 0.221. The molecule has 3 nitrogen and oxygen atoms in total. The standard InChI is InChI=1S/C15H15FN2O/c16-14-3-1-2-10(7-14)15(18-17)11-4-5-12-8-19-9-13(12)6-11/h1-7,15,18H,8-9,17H2. The van der Waals surface area contributed by atoms with E-state index >= 15 is 0 Å². The Morgan fingerprint density at radius 1 is 1.05 bits per heavy atom. The second kappa shape index (κ2) is 5.09. The van der Waals surface area contributed by atoms with Gasteiger partial charge in [-0.25, -0.2) is 9.82 Å². The summed E-state index contributed by atoms with van der Waals surface area (Å²) in [5, 5.41) is 0. The number of hydrogen-bond acceptors (Lipinski definition) is 3. The maximum Gasteiger partial charge on any atom is 0.123 e. The van der Waals surface area contributed by atoms with Crippen LogP contribution in [0.15, 0.2) is 42.5 Å². The maximum absolute atomic E-state index is 13.3. The fourth-order valence-corrected chi connectivity index (χ4v) is 2.44. The Morgan fingerprint density at radius 3 is 2.63 bits per heavy atom. The van der Waals surface area contributed by atoms with Crippen molar-refractivity contribution in [3.05, 3.63) is 70.5 Å². The van der Waals surface area contributed by atoms with Gasteiger partial charge in [-0.2, -0.15) is 0 Å². The van der Waals surface area contributed by atoms with Crippen molar-refractivity contribution in [2.45, 2.75) is 19.3 Å². The molecule has 0 spiro atoms. The van der Waals surface area contributed by atoms with E-state index in [1.807, 2.05) is 18.2 Å². The summed E-state index contributed by atoms with van der Waals surface area (Å²) in [6.07, 6.45) is 0. The number of hydrazine groups is 1. The van der Waals surface area contributed by atoms with E-state index in [0.717, 1.165) is 11.1 Å². The summed E-state index contributed by atoms with van der Waals surface area (Å²) >= 11 is 0. The average molecular weight is 258 g/mol. The van der Waals surface area contributed by atoms with Gasteiger partial charge >= 0.3 is 0 Å². The van der Waals surface area contributed by atoms with E-state index in [0.29, 0.717) is 13.2 Å². The molecule has 1 heterocycles. The van der Waals surface area contributed by atoms with Crippen molar-refractivity contribution in [3.63, 3.8) is 0 Å². The Morgan fingerprint density at radius 2 is 1.84 bits per heavy atom. The molecule has 0 saturated carbocycles. The Labute approximate surface area is 111 Å². The van der Waals surface area contributed by atoms with E-state index in [-0.39, 0.29) is 11.9 Å². The topological polar surface area (TPSA) is 47.3 Å². The molecule has 0 aliphatic carbocycles. The Balaban J connectivity index is 1.98. The normalized spacial score (nSPS) is 15.3. The zero-order valence-electron chi connectivity index (χ0n) is 10.4. The van der Waals surface area contributed by atoms with Gasteiger partial charge in [0.15, 0.2) is 0 Å². The Hall–Kier alpha value is -1.75. The molecule has 2 aromatic carbocycles. The van der Waals surface area contributed by atoms with Crippen LogP contribution < -0.4 is 11.3 Å². The lowest BCUT2D eigenvalue weighted by molar-refractivity contribution is 0.134. The molecule has 0 aromatic heterocycles. The number of benzene rings is 2. The van der Waals surface area contributed by atoms with Gasteiger partial charge in [0.05, 0.1) is 19.3 Å². The first-order valence-corrected chi connectivity index (χ1v) is 6.19. The third-order valence-electron chi connectivity index (χ3n) is 3.43. The molecule has 0 radical (unpaired) electrons. The smallest absolute Gasteiger partial charge is 0.123 e. The van der Waals surface area contributed by atoms with Crippen LogP contribution in [-0.2, 0) is 18.0 Å². The lowest BCUT2D eigenvalue weighted by Crippen LogP contribution is -2.29. The molecule has 19 heavy (non-hydrogen) atoms. The molecule has 3 N–H and O–H groups in total. The van der Waals surface area contributed by atoms with E-state index in [9.17, 15) is 4.39 Å². The summed E-state index contributed by atoms with van der Waals surface area (Å²) in [5.74, 6) is 5.37. The van der Waals surface area contributed by atoms with E-state index in [1.165, 1.54) is 23.3 Å². The van der Waals surface area contributed by atoms with Crippen molar-refractivity contribution in [2.24, 2.45) is 5.84 Å². The maximum atomic E-state index is 13.3. The van der Waals surface area contributed by atoms with Gasteiger partial charge in [0.1, 0.15) is 5.82 Å². The van der Waals surface area contributed by atoms with Gasteiger partial charge in [-0.15, -0.1) is 0 Å². The number of nitrogens with two attached hydrogens (primary N) is 1. The third kappa shape index (κ3) is 2.38. The molecule has 0 fully saturated rings. The first-order chi connectivity index (χ1) is 9.28. The molecule has 4 heteroatoms. The van der Waals surface area contributed by atoms with Crippen LogP contribution in [0.4, 0.5) is 4.39 Å². The number of halogens is 1. The summed E-state index contributed by atoms with van der Waals surface area (Å²) in [4.78, 5) is 0.